The number of methoxy groups -OCH3 is 1. The first kappa shape index (κ1) is 28.4. The highest BCUT2D eigenvalue weighted by molar-refractivity contribution is 5.75. The predicted octanol–water partition coefficient (Wildman–Crippen LogP) is 4.73. The van der Waals surface area contributed by atoms with Crippen LogP contribution in [0.1, 0.15) is 85.5 Å². The number of allylic oxidation sites excluding steroid dienone is 2. The molecule has 1 fully saturated rings. The van der Waals surface area contributed by atoms with Crippen molar-refractivity contribution in [3.8, 4) is 0 Å². The Morgan fingerprint density at radius 1 is 1.16 bits per heavy atom. The van der Waals surface area contributed by atoms with E-state index in [1.165, 1.54) is 7.11 Å². The lowest BCUT2D eigenvalue weighted by atomic mass is 9.89. The highest BCUT2D eigenvalue weighted by atomic mass is 16.5. The monoisotopic (exact) mass is 452 g/mol. The fourth-order valence-electron chi connectivity index (χ4n) is 3.92. The van der Waals surface area contributed by atoms with Crippen molar-refractivity contribution in [2.75, 3.05) is 7.11 Å². The molecular formula is C26H44O6. The number of carbonyl (C=O) groups excluding carboxylic acids is 2. The number of rotatable bonds is 13. The van der Waals surface area contributed by atoms with Gasteiger partial charge in [0, 0.05) is 18.8 Å². The Balaban J connectivity index is 2.80. The van der Waals surface area contributed by atoms with Gasteiger partial charge in [-0.25, -0.2) is 0 Å². The second kappa shape index (κ2) is 14.5. The highest BCUT2D eigenvalue weighted by Crippen LogP contribution is 2.39. The van der Waals surface area contributed by atoms with Gasteiger partial charge < -0.3 is 19.7 Å². The summed E-state index contributed by atoms with van der Waals surface area (Å²) < 4.78 is 10.4. The number of hydrogen-bond donors (Lipinski definition) is 2. The van der Waals surface area contributed by atoms with Crippen LogP contribution in [0.2, 0.25) is 0 Å². The molecule has 1 rings (SSSR count). The Kier molecular flexibility index (Phi) is 12.8. The van der Waals surface area contributed by atoms with E-state index in [2.05, 4.69) is 11.7 Å². The first-order chi connectivity index (χ1) is 15.1. The third-order valence-corrected chi connectivity index (χ3v) is 5.98. The zero-order valence-corrected chi connectivity index (χ0v) is 20.6. The van der Waals surface area contributed by atoms with E-state index in [1.54, 1.807) is 6.08 Å². The third-order valence-electron chi connectivity index (χ3n) is 5.98. The first-order valence-electron chi connectivity index (χ1n) is 12.1. The molecule has 5 atom stereocenters. The van der Waals surface area contributed by atoms with Crippen molar-refractivity contribution in [1.29, 1.82) is 0 Å². The van der Waals surface area contributed by atoms with E-state index < -0.39 is 23.7 Å². The maximum Gasteiger partial charge on any atom is 0.311 e. The lowest BCUT2D eigenvalue weighted by Crippen LogP contribution is -2.31. The van der Waals surface area contributed by atoms with Crippen LogP contribution in [0.5, 0.6) is 0 Å². The minimum atomic E-state index is -0.615. The Labute approximate surface area is 194 Å². The first-order valence-corrected chi connectivity index (χ1v) is 12.1. The van der Waals surface area contributed by atoms with E-state index >= 15 is 0 Å². The fourth-order valence-corrected chi connectivity index (χ4v) is 3.92. The molecule has 0 heterocycles. The molecule has 1 aliphatic carbocycles. The molecule has 0 aromatic heterocycles. The molecule has 0 aromatic rings. The molecule has 0 radical (unpaired) electrons. The second-order valence-electron chi connectivity index (χ2n) is 9.86. The Morgan fingerprint density at radius 2 is 1.88 bits per heavy atom. The molecule has 1 saturated carbocycles. The van der Waals surface area contributed by atoms with Crippen LogP contribution in [-0.4, -0.2) is 47.6 Å². The summed E-state index contributed by atoms with van der Waals surface area (Å²) in [6.07, 6.45) is 13.0. The number of esters is 2. The van der Waals surface area contributed by atoms with Crippen LogP contribution in [-0.2, 0) is 19.1 Å². The summed E-state index contributed by atoms with van der Waals surface area (Å²) in [6, 6.07) is 0. The molecule has 32 heavy (non-hydrogen) atoms. The van der Waals surface area contributed by atoms with Gasteiger partial charge in [0.15, 0.2) is 0 Å². The lowest BCUT2D eigenvalue weighted by molar-refractivity contribution is -0.160. The maximum absolute atomic E-state index is 12.5. The van der Waals surface area contributed by atoms with Crippen molar-refractivity contribution >= 4 is 11.9 Å². The van der Waals surface area contributed by atoms with Gasteiger partial charge in [0.2, 0.25) is 0 Å². The van der Waals surface area contributed by atoms with Crippen molar-refractivity contribution in [1.82, 2.24) is 0 Å². The van der Waals surface area contributed by atoms with Crippen molar-refractivity contribution in [2.45, 2.75) is 104 Å². The molecule has 6 heteroatoms. The van der Waals surface area contributed by atoms with Crippen molar-refractivity contribution in [2.24, 2.45) is 17.3 Å². The third kappa shape index (κ3) is 10.3. The van der Waals surface area contributed by atoms with E-state index in [9.17, 15) is 19.8 Å². The second-order valence-corrected chi connectivity index (χ2v) is 9.86. The smallest absolute Gasteiger partial charge is 0.311 e. The quantitative estimate of drug-likeness (QED) is 0.238. The average molecular weight is 453 g/mol. The van der Waals surface area contributed by atoms with E-state index in [0.717, 1.165) is 32.1 Å². The molecule has 0 amide bonds. The van der Waals surface area contributed by atoms with E-state index in [0.29, 0.717) is 25.7 Å². The van der Waals surface area contributed by atoms with E-state index in [1.807, 2.05) is 39.0 Å². The van der Waals surface area contributed by atoms with Gasteiger partial charge in [-0.05, 0) is 52.4 Å². The molecular weight excluding hydrogens is 408 g/mol. The Bertz CT molecular complexity index is 618. The van der Waals surface area contributed by atoms with Gasteiger partial charge in [0.25, 0.3) is 0 Å². The molecule has 0 spiro atoms. The molecule has 1 unspecified atom stereocenters. The molecule has 0 saturated heterocycles. The van der Waals surface area contributed by atoms with Crippen molar-refractivity contribution < 1.29 is 29.3 Å². The van der Waals surface area contributed by atoms with Crippen LogP contribution in [0.15, 0.2) is 24.3 Å². The van der Waals surface area contributed by atoms with Gasteiger partial charge in [-0.2, -0.15) is 0 Å². The van der Waals surface area contributed by atoms with E-state index in [-0.39, 0.29) is 23.8 Å². The van der Waals surface area contributed by atoms with Crippen LogP contribution in [0.25, 0.3) is 0 Å². The van der Waals surface area contributed by atoms with Gasteiger partial charge in [0.1, 0.15) is 6.10 Å². The van der Waals surface area contributed by atoms with Crippen LogP contribution < -0.4 is 0 Å². The molecule has 2 N–H and O–H groups in total. The Hall–Kier alpha value is -1.66. The summed E-state index contributed by atoms with van der Waals surface area (Å²) in [5.41, 5.74) is -0.615. The standard InChI is InChI=1S/C26H44O6/c1-6-7-10-13-19(27)16-17-21-20(14-11-8-9-12-15-24(29)31-5)22(28)18-23(21)32-25(30)26(2,3)4/h8,11,16-17,19-23,27-28H,6-7,9-10,12-15,18H2,1-5H3/b11-8-,17-16+/t19-,20+,21+,22?,23+/m0/s1. The zero-order chi connectivity index (χ0) is 24.1. The normalized spacial score (nSPS) is 24.8. The van der Waals surface area contributed by atoms with Crippen molar-refractivity contribution in [3.63, 3.8) is 0 Å². The van der Waals surface area contributed by atoms with Gasteiger partial charge in [-0.3, -0.25) is 9.59 Å². The number of aliphatic hydroxyl groups excluding tert-OH is 2. The number of hydrogen-bond acceptors (Lipinski definition) is 6. The molecule has 6 nitrogen and oxygen atoms in total. The predicted molar refractivity (Wildman–Crippen MR) is 126 cm³/mol. The van der Waals surface area contributed by atoms with Gasteiger partial charge in [-0.15, -0.1) is 0 Å². The molecule has 0 aliphatic heterocycles. The molecule has 0 aromatic carbocycles. The molecule has 1 aliphatic rings. The summed E-state index contributed by atoms with van der Waals surface area (Å²) in [7, 11) is 1.39. The zero-order valence-electron chi connectivity index (χ0n) is 20.6. The minimum absolute atomic E-state index is 0.0938. The Morgan fingerprint density at radius 3 is 2.50 bits per heavy atom. The molecule has 0 bridgehead atoms. The van der Waals surface area contributed by atoms with Crippen LogP contribution >= 0.6 is 0 Å². The number of unbranched alkanes of at least 4 members (excludes halogenated alkanes) is 3. The minimum Gasteiger partial charge on any atom is -0.469 e. The summed E-state index contributed by atoms with van der Waals surface area (Å²) >= 11 is 0. The summed E-state index contributed by atoms with van der Waals surface area (Å²) in [5, 5.41) is 21.0. The van der Waals surface area contributed by atoms with Crippen LogP contribution in [0.3, 0.4) is 0 Å². The van der Waals surface area contributed by atoms with Gasteiger partial charge >= 0.3 is 11.9 Å². The SMILES string of the molecule is CCCCC[C@H](O)/C=C/[C@H]1[C@H](OC(=O)C(C)(C)C)CC(O)[C@@H]1C/C=C\CCCC(=O)OC. The van der Waals surface area contributed by atoms with Gasteiger partial charge in [0.05, 0.1) is 24.7 Å². The van der Waals surface area contributed by atoms with Crippen LogP contribution in [0.4, 0.5) is 0 Å². The van der Waals surface area contributed by atoms with E-state index in [4.69, 9.17) is 4.74 Å². The van der Waals surface area contributed by atoms with Crippen molar-refractivity contribution in [3.05, 3.63) is 24.3 Å². The number of aliphatic hydroxyl groups is 2. The summed E-state index contributed by atoms with van der Waals surface area (Å²) in [6.45, 7) is 7.58. The highest BCUT2D eigenvalue weighted by Gasteiger charge is 2.43. The number of ether oxygens (including phenoxy) is 2. The summed E-state index contributed by atoms with van der Waals surface area (Å²) in [5.74, 6) is -0.744. The molecule has 184 valence electrons. The topological polar surface area (TPSA) is 93.1 Å². The maximum atomic E-state index is 12.5. The lowest BCUT2D eigenvalue weighted by Gasteiger charge is -2.25. The average Bonchev–Trinajstić information content (AvgIpc) is 3.02. The fraction of sp³-hybridized carbons (Fsp3) is 0.769. The van der Waals surface area contributed by atoms with Crippen LogP contribution in [0, 0.1) is 17.3 Å². The number of carbonyl (C=O) groups is 2. The van der Waals surface area contributed by atoms with Gasteiger partial charge in [-0.1, -0.05) is 50.5 Å². The summed E-state index contributed by atoms with van der Waals surface area (Å²) in [4.78, 5) is 23.7. The largest absolute Gasteiger partial charge is 0.469 e.